The van der Waals surface area contributed by atoms with Crippen molar-refractivity contribution in [3.63, 3.8) is 0 Å². The Bertz CT molecular complexity index is 1200. The summed E-state index contributed by atoms with van der Waals surface area (Å²) in [5.41, 5.74) is 5.60. The van der Waals surface area contributed by atoms with E-state index in [1.807, 2.05) is 12.1 Å². The Balaban J connectivity index is 0.000000383. The maximum atomic E-state index is 11.4. The normalized spacial score (nSPS) is 13.8. The van der Waals surface area contributed by atoms with Crippen molar-refractivity contribution in [2.24, 2.45) is 5.16 Å². The van der Waals surface area contributed by atoms with E-state index in [1.54, 1.807) is 37.7 Å². The minimum Gasteiger partial charge on any atom is -0.475 e. The maximum absolute atomic E-state index is 11.4. The molecule has 1 aromatic carbocycles. The Morgan fingerprint density at radius 2 is 1.70 bits per heavy atom. The van der Waals surface area contributed by atoms with Gasteiger partial charge in [-0.1, -0.05) is 23.4 Å². The van der Waals surface area contributed by atoms with E-state index in [-0.39, 0.29) is 5.76 Å². The van der Waals surface area contributed by atoms with E-state index < -0.39 is 18.1 Å². The molecule has 0 fully saturated rings. The minimum absolute atomic E-state index is 0.0889. The number of benzene rings is 1. The number of nitrogens with zero attached hydrogens (tertiary/aromatic N) is 2. The number of halogens is 3. The second kappa shape index (κ2) is 9.55. The summed E-state index contributed by atoms with van der Waals surface area (Å²) in [6.07, 6.45) is -0.0777. The van der Waals surface area contributed by atoms with Crippen LogP contribution < -0.4 is 0 Å². The predicted octanol–water partition coefficient (Wildman–Crippen LogP) is 4.64. The Morgan fingerprint density at radius 1 is 1.03 bits per heavy atom. The molecule has 33 heavy (non-hydrogen) atoms. The first-order chi connectivity index (χ1) is 15.6. The molecule has 2 heterocycles. The average molecular weight is 462 g/mol. The zero-order chi connectivity index (χ0) is 24.2. The molecule has 0 spiro atoms. The lowest BCUT2D eigenvalue weighted by atomic mass is 9.98. The molecule has 172 valence electrons. The molecular weight excluding hydrogens is 445 g/mol. The summed E-state index contributed by atoms with van der Waals surface area (Å²) < 4.78 is 37.4. The molecule has 0 saturated heterocycles. The second-order valence-corrected chi connectivity index (χ2v) is 6.79. The third-order valence-corrected chi connectivity index (χ3v) is 4.69. The third-order valence-electron chi connectivity index (χ3n) is 4.69. The fraction of sp³-hybridized carbons (Fsp3) is 0.182. The molecule has 2 N–H and O–H groups in total. The number of carboxylic acids is 2. The number of hydrogen-bond donors (Lipinski definition) is 2. The molecule has 0 atom stereocenters. The van der Waals surface area contributed by atoms with Crippen LogP contribution in [-0.2, 0) is 16.1 Å². The molecule has 0 amide bonds. The van der Waals surface area contributed by atoms with Gasteiger partial charge in [0, 0.05) is 29.1 Å². The van der Waals surface area contributed by atoms with E-state index in [0.717, 1.165) is 46.4 Å². The van der Waals surface area contributed by atoms with Crippen molar-refractivity contribution < 1.29 is 42.2 Å². The molecule has 1 aliphatic carbocycles. The van der Waals surface area contributed by atoms with E-state index >= 15 is 0 Å². The first-order valence-electron chi connectivity index (χ1n) is 9.43. The van der Waals surface area contributed by atoms with Crippen LogP contribution in [0.3, 0.4) is 0 Å². The molecule has 8 nitrogen and oxygen atoms in total. The van der Waals surface area contributed by atoms with E-state index in [0.29, 0.717) is 5.76 Å². The van der Waals surface area contributed by atoms with Crippen molar-refractivity contribution in [1.29, 1.82) is 0 Å². The number of rotatable bonds is 4. The summed E-state index contributed by atoms with van der Waals surface area (Å²) in [5.74, 6) is -3.42. The van der Waals surface area contributed by atoms with Gasteiger partial charge in [0.25, 0.3) is 0 Å². The lowest BCUT2D eigenvalue weighted by Gasteiger charge is -2.06. The van der Waals surface area contributed by atoms with Gasteiger partial charge in [0.2, 0.25) is 5.76 Å². The topological polar surface area (TPSA) is 122 Å². The smallest absolute Gasteiger partial charge is 0.475 e. The number of carboxylic acid groups (broad SMARTS) is 2. The summed E-state index contributed by atoms with van der Waals surface area (Å²) in [4.78, 5) is 29.2. The number of aliphatic carboxylic acids is 1. The van der Waals surface area contributed by atoms with Gasteiger partial charge in [-0.05, 0) is 42.2 Å². The monoisotopic (exact) mass is 462 g/mol. The van der Waals surface area contributed by atoms with Gasteiger partial charge < -0.3 is 19.5 Å². The van der Waals surface area contributed by atoms with Gasteiger partial charge in [0.15, 0.2) is 0 Å². The number of hydrogen-bond acceptors (Lipinski definition) is 6. The van der Waals surface area contributed by atoms with Crippen molar-refractivity contribution in [2.45, 2.75) is 19.0 Å². The quantitative estimate of drug-likeness (QED) is 0.542. The lowest BCUT2D eigenvalue weighted by Crippen LogP contribution is -2.21. The van der Waals surface area contributed by atoms with Gasteiger partial charge >= 0.3 is 18.1 Å². The van der Waals surface area contributed by atoms with Crippen LogP contribution in [0.1, 0.15) is 28.1 Å². The predicted molar refractivity (Wildman–Crippen MR) is 110 cm³/mol. The number of furan rings is 1. The maximum Gasteiger partial charge on any atom is 0.490 e. The zero-order valence-electron chi connectivity index (χ0n) is 17.1. The van der Waals surface area contributed by atoms with Crippen molar-refractivity contribution in [3.8, 4) is 22.5 Å². The Hall–Kier alpha value is -4.15. The van der Waals surface area contributed by atoms with Gasteiger partial charge in [-0.15, -0.1) is 0 Å². The zero-order valence-corrected chi connectivity index (χ0v) is 17.1. The highest BCUT2D eigenvalue weighted by Gasteiger charge is 2.38. The largest absolute Gasteiger partial charge is 0.490 e. The van der Waals surface area contributed by atoms with Crippen molar-refractivity contribution in [1.82, 2.24) is 4.98 Å². The Kier molecular flexibility index (Phi) is 6.80. The highest BCUT2D eigenvalue weighted by molar-refractivity contribution is 6.05. The summed E-state index contributed by atoms with van der Waals surface area (Å²) in [7, 11) is 1.54. The summed E-state index contributed by atoms with van der Waals surface area (Å²) >= 11 is 0. The third kappa shape index (κ3) is 5.37. The van der Waals surface area contributed by atoms with Crippen LogP contribution in [0.5, 0.6) is 0 Å². The van der Waals surface area contributed by atoms with Crippen LogP contribution in [0.2, 0.25) is 0 Å². The van der Waals surface area contributed by atoms with Crippen molar-refractivity contribution in [2.75, 3.05) is 7.11 Å². The standard InChI is InChI=1S/C20H16N2O4.C2HF3O2/c1-25-22-17-5-3-13-10-14(2-4-15(13)17)16-11-18(20(23)24)26-19(16)12-6-8-21-9-7-12;3-2(4,5)1(6)7/h2,4,6-11H,3,5H2,1H3,(H,23,24);(H,6,7). The number of aryl methyl sites for hydroxylation is 1. The van der Waals surface area contributed by atoms with Crippen LogP contribution in [0.25, 0.3) is 22.5 Å². The number of oxime groups is 1. The first-order valence-corrected chi connectivity index (χ1v) is 9.43. The fourth-order valence-corrected chi connectivity index (χ4v) is 3.27. The highest BCUT2D eigenvalue weighted by Crippen LogP contribution is 2.37. The minimum atomic E-state index is -5.08. The van der Waals surface area contributed by atoms with Crippen molar-refractivity contribution >= 4 is 17.7 Å². The molecular formula is C22H17F3N2O6. The van der Waals surface area contributed by atoms with E-state index in [9.17, 15) is 23.1 Å². The fourth-order valence-electron chi connectivity index (χ4n) is 3.27. The lowest BCUT2D eigenvalue weighted by molar-refractivity contribution is -0.192. The van der Waals surface area contributed by atoms with Crippen molar-refractivity contribution in [3.05, 3.63) is 65.7 Å². The van der Waals surface area contributed by atoms with E-state index in [2.05, 4.69) is 16.2 Å². The Labute approximate surface area is 184 Å². The molecule has 0 aliphatic heterocycles. The van der Waals surface area contributed by atoms with Crippen LogP contribution in [0.15, 0.2) is 58.4 Å². The first kappa shape index (κ1) is 23.5. The van der Waals surface area contributed by atoms with Crippen LogP contribution >= 0.6 is 0 Å². The SMILES string of the molecule is CON=C1CCc2cc(-c3cc(C(=O)O)oc3-c3ccncc3)ccc21.O=C(O)C(F)(F)F. The second-order valence-electron chi connectivity index (χ2n) is 6.79. The number of carbonyl (C=O) groups is 2. The molecule has 3 aromatic rings. The molecule has 0 bridgehead atoms. The van der Waals surface area contributed by atoms with Gasteiger partial charge in [-0.25, -0.2) is 9.59 Å². The van der Waals surface area contributed by atoms with E-state index in [4.69, 9.17) is 19.2 Å². The van der Waals surface area contributed by atoms with Gasteiger partial charge in [0.05, 0.1) is 5.71 Å². The molecule has 0 radical (unpaired) electrons. The molecule has 4 rings (SSSR count). The molecule has 0 unspecified atom stereocenters. The van der Waals surface area contributed by atoms with Gasteiger partial charge in [-0.2, -0.15) is 13.2 Å². The summed E-state index contributed by atoms with van der Waals surface area (Å²) in [6.45, 7) is 0. The average Bonchev–Trinajstić information content (AvgIpc) is 3.39. The Morgan fingerprint density at radius 3 is 2.27 bits per heavy atom. The molecule has 1 aliphatic rings. The number of alkyl halides is 3. The number of aromatic nitrogens is 1. The molecule has 11 heteroatoms. The number of pyridine rings is 1. The van der Waals surface area contributed by atoms with Crippen LogP contribution in [0.4, 0.5) is 13.2 Å². The number of aromatic carboxylic acids is 1. The van der Waals surface area contributed by atoms with Gasteiger partial charge in [0.1, 0.15) is 12.9 Å². The van der Waals surface area contributed by atoms with Crippen LogP contribution in [-0.4, -0.2) is 46.1 Å². The highest BCUT2D eigenvalue weighted by atomic mass is 19.4. The number of fused-ring (bicyclic) bond motifs is 1. The molecule has 0 saturated carbocycles. The summed E-state index contributed by atoms with van der Waals surface area (Å²) in [5, 5.41) is 20.5. The van der Waals surface area contributed by atoms with Gasteiger partial charge in [-0.3, -0.25) is 4.98 Å². The summed E-state index contributed by atoms with van der Waals surface area (Å²) in [6, 6.07) is 11.2. The van der Waals surface area contributed by atoms with E-state index in [1.165, 1.54) is 0 Å². The molecule has 2 aromatic heterocycles. The van der Waals surface area contributed by atoms with Crippen LogP contribution in [0, 0.1) is 0 Å².